The van der Waals surface area contributed by atoms with Gasteiger partial charge in [0.2, 0.25) is 0 Å². The molecular weight excluding hydrogens is 302 g/mol. The lowest BCUT2D eigenvalue weighted by molar-refractivity contribution is 0.917. The van der Waals surface area contributed by atoms with E-state index in [9.17, 15) is 0 Å². The minimum Gasteiger partial charge on any atom is -0.319 e. The lowest BCUT2D eigenvalue weighted by Gasteiger charge is -2.05. The molecule has 2 heterocycles. The predicted octanol–water partition coefficient (Wildman–Crippen LogP) is 4.49. The van der Waals surface area contributed by atoms with E-state index in [0.717, 1.165) is 10.9 Å². The summed E-state index contributed by atoms with van der Waals surface area (Å²) in [7, 11) is 0. The normalized spacial score (nSPS) is 13.0. The summed E-state index contributed by atoms with van der Waals surface area (Å²) in [5.74, 6) is 0. The maximum absolute atomic E-state index is 6.27. The number of hydrogen-bond acceptors (Lipinski definition) is 3. The van der Waals surface area contributed by atoms with Gasteiger partial charge in [-0.1, -0.05) is 6.92 Å². The summed E-state index contributed by atoms with van der Waals surface area (Å²) in [6.07, 6.45) is 1.09. The van der Waals surface area contributed by atoms with Gasteiger partial charge in [0.15, 0.2) is 0 Å². The van der Waals surface area contributed by atoms with Crippen LogP contribution < -0.4 is 5.73 Å². The van der Waals surface area contributed by atoms with Crippen molar-refractivity contribution in [2.45, 2.75) is 26.3 Å². The van der Waals surface area contributed by atoms with E-state index in [0.29, 0.717) is 0 Å². The van der Waals surface area contributed by atoms with Crippen LogP contribution in [-0.2, 0) is 6.42 Å². The lowest BCUT2D eigenvalue weighted by Crippen LogP contribution is -2.07. The van der Waals surface area contributed by atoms with Gasteiger partial charge in [-0.3, -0.25) is 0 Å². The fourth-order valence-electron chi connectivity index (χ4n) is 1.53. The van der Waals surface area contributed by atoms with E-state index in [4.69, 9.17) is 5.73 Å². The van der Waals surface area contributed by atoms with Gasteiger partial charge in [-0.2, -0.15) is 0 Å². The summed E-state index contributed by atoms with van der Waals surface area (Å²) < 4.78 is 1.16. The number of aryl methyl sites for hydroxylation is 2. The Morgan fingerprint density at radius 3 is 2.56 bits per heavy atom. The van der Waals surface area contributed by atoms with Crippen molar-refractivity contribution in [2.75, 3.05) is 0 Å². The van der Waals surface area contributed by atoms with Gasteiger partial charge in [-0.15, -0.1) is 22.7 Å². The molecule has 2 aromatic rings. The Morgan fingerprint density at radius 1 is 1.31 bits per heavy atom. The molecule has 1 atom stereocenters. The molecule has 0 fully saturated rings. The molecule has 2 aromatic heterocycles. The van der Waals surface area contributed by atoms with Gasteiger partial charge in [0.25, 0.3) is 0 Å². The zero-order chi connectivity index (χ0) is 11.7. The van der Waals surface area contributed by atoms with Crippen LogP contribution in [0.1, 0.15) is 32.5 Å². The third-order valence-corrected chi connectivity index (χ3v) is 6.05. The monoisotopic (exact) mass is 315 g/mol. The highest BCUT2D eigenvalue weighted by molar-refractivity contribution is 9.10. The van der Waals surface area contributed by atoms with E-state index in [1.54, 1.807) is 11.3 Å². The quantitative estimate of drug-likeness (QED) is 0.887. The standard InChI is InChI=1S/C12H14BrNS2/c1-3-8-4-5-10(16-8)12(14)11-6-9(13)7(2)15-11/h4-6,12H,3,14H2,1-2H3. The van der Waals surface area contributed by atoms with E-state index >= 15 is 0 Å². The van der Waals surface area contributed by atoms with Crippen LogP contribution in [-0.4, -0.2) is 0 Å². The molecule has 0 aromatic carbocycles. The van der Waals surface area contributed by atoms with Gasteiger partial charge in [0.1, 0.15) is 0 Å². The van der Waals surface area contributed by atoms with E-state index in [1.165, 1.54) is 19.5 Å². The second-order valence-corrected chi connectivity index (χ2v) is 7.03. The molecule has 0 aliphatic rings. The Labute approximate surface area is 112 Å². The first kappa shape index (κ1) is 12.3. The first-order valence-corrected chi connectivity index (χ1v) is 7.64. The van der Waals surface area contributed by atoms with Gasteiger partial charge in [-0.05, 0) is 47.5 Å². The van der Waals surface area contributed by atoms with Crippen LogP contribution in [0.25, 0.3) is 0 Å². The molecule has 16 heavy (non-hydrogen) atoms. The average Bonchev–Trinajstić information content (AvgIpc) is 2.86. The molecule has 1 nitrogen and oxygen atoms in total. The smallest absolute Gasteiger partial charge is 0.0740 e. The zero-order valence-corrected chi connectivity index (χ0v) is 12.5. The Morgan fingerprint density at radius 2 is 2.06 bits per heavy atom. The van der Waals surface area contributed by atoms with Gasteiger partial charge in [0, 0.05) is 24.0 Å². The number of rotatable bonds is 3. The molecule has 0 aliphatic heterocycles. The maximum atomic E-state index is 6.27. The van der Waals surface area contributed by atoms with Crippen molar-refractivity contribution in [2.24, 2.45) is 5.73 Å². The molecule has 2 rings (SSSR count). The topological polar surface area (TPSA) is 26.0 Å². The molecule has 0 aliphatic carbocycles. The molecule has 0 saturated heterocycles. The molecule has 0 spiro atoms. The van der Waals surface area contributed by atoms with Crippen LogP contribution >= 0.6 is 38.6 Å². The first-order valence-electron chi connectivity index (χ1n) is 5.21. The van der Waals surface area contributed by atoms with Gasteiger partial charge < -0.3 is 5.73 Å². The molecule has 1 unspecified atom stereocenters. The lowest BCUT2D eigenvalue weighted by atomic mass is 10.2. The van der Waals surface area contributed by atoms with Crippen LogP contribution in [0.15, 0.2) is 22.7 Å². The highest BCUT2D eigenvalue weighted by Gasteiger charge is 2.14. The first-order chi connectivity index (χ1) is 7.61. The SMILES string of the molecule is CCc1ccc(C(N)c2cc(Br)c(C)s2)s1. The van der Waals surface area contributed by atoms with Crippen LogP contribution in [0, 0.1) is 6.92 Å². The summed E-state index contributed by atoms with van der Waals surface area (Å²) in [5.41, 5.74) is 6.27. The van der Waals surface area contributed by atoms with Crippen LogP contribution in [0.5, 0.6) is 0 Å². The second kappa shape index (κ2) is 5.00. The van der Waals surface area contributed by atoms with Crippen molar-refractivity contribution in [1.29, 1.82) is 0 Å². The highest BCUT2D eigenvalue weighted by Crippen LogP contribution is 2.34. The minimum atomic E-state index is 0.0281. The van der Waals surface area contributed by atoms with E-state index in [1.807, 2.05) is 11.3 Å². The van der Waals surface area contributed by atoms with E-state index < -0.39 is 0 Å². The molecule has 0 radical (unpaired) electrons. The Kier molecular flexibility index (Phi) is 3.85. The third kappa shape index (κ3) is 2.40. The van der Waals surface area contributed by atoms with E-state index in [2.05, 4.69) is 48.0 Å². The van der Waals surface area contributed by atoms with Crippen LogP contribution in [0.2, 0.25) is 0 Å². The number of halogens is 1. The third-order valence-electron chi connectivity index (χ3n) is 2.52. The van der Waals surface area contributed by atoms with Crippen molar-refractivity contribution in [3.63, 3.8) is 0 Å². The highest BCUT2D eigenvalue weighted by atomic mass is 79.9. The molecule has 0 saturated carbocycles. The number of thiophene rings is 2. The van der Waals surface area contributed by atoms with Gasteiger partial charge in [0.05, 0.1) is 6.04 Å². The van der Waals surface area contributed by atoms with Crippen molar-refractivity contribution in [3.05, 3.63) is 42.2 Å². The summed E-state index contributed by atoms with van der Waals surface area (Å²) in [6.45, 7) is 4.28. The summed E-state index contributed by atoms with van der Waals surface area (Å²) in [6, 6.07) is 6.49. The number of nitrogens with two attached hydrogens (primary N) is 1. The second-order valence-electron chi connectivity index (χ2n) is 3.69. The maximum Gasteiger partial charge on any atom is 0.0740 e. The fourth-order valence-corrected chi connectivity index (χ4v) is 4.16. The average molecular weight is 316 g/mol. The number of hydrogen-bond donors (Lipinski definition) is 1. The van der Waals surface area contributed by atoms with Crippen LogP contribution in [0.4, 0.5) is 0 Å². The van der Waals surface area contributed by atoms with Gasteiger partial charge >= 0.3 is 0 Å². The largest absolute Gasteiger partial charge is 0.319 e. The molecule has 86 valence electrons. The van der Waals surface area contributed by atoms with Crippen molar-refractivity contribution < 1.29 is 0 Å². The minimum absolute atomic E-state index is 0.0281. The van der Waals surface area contributed by atoms with Crippen LogP contribution in [0.3, 0.4) is 0 Å². The van der Waals surface area contributed by atoms with Gasteiger partial charge in [-0.25, -0.2) is 0 Å². The van der Waals surface area contributed by atoms with Crippen molar-refractivity contribution >= 4 is 38.6 Å². The summed E-state index contributed by atoms with van der Waals surface area (Å²) in [5, 5.41) is 0. The summed E-state index contributed by atoms with van der Waals surface area (Å²) >= 11 is 7.12. The Balaban J connectivity index is 2.27. The fraction of sp³-hybridized carbons (Fsp3) is 0.333. The van der Waals surface area contributed by atoms with E-state index in [-0.39, 0.29) is 6.04 Å². The van der Waals surface area contributed by atoms with Crippen molar-refractivity contribution in [1.82, 2.24) is 0 Å². The zero-order valence-electron chi connectivity index (χ0n) is 9.29. The molecule has 0 amide bonds. The molecule has 2 N–H and O–H groups in total. The molecule has 0 bridgehead atoms. The Hall–Kier alpha value is -0.160. The molecule has 4 heteroatoms. The Bertz CT molecular complexity index is 467. The van der Waals surface area contributed by atoms with Crippen molar-refractivity contribution in [3.8, 4) is 0 Å². The predicted molar refractivity (Wildman–Crippen MR) is 76.5 cm³/mol. The summed E-state index contributed by atoms with van der Waals surface area (Å²) in [4.78, 5) is 5.18. The molecular formula is C12H14BrNS2.